The molecule has 1 amide bonds. The molecule has 8 heteroatoms. The SMILES string of the molecule is O=C(Cc1cscc1NS(=O)(=O)c1ccc(-c2ccccc2)cc1)N1CCSCC1. The predicted molar refractivity (Wildman–Crippen MR) is 125 cm³/mol. The lowest BCUT2D eigenvalue weighted by molar-refractivity contribution is -0.130. The first-order valence-electron chi connectivity index (χ1n) is 9.62. The number of carbonyl (C=O) groups excluding carboxylic acids is 1. The Morgan fingerprint density at radius 1 is 0.933 bits per heavy atom. The van der Waals surface area contributed by atoms with Gasteiger partial charge >= 0.3 is 0 Å². The molecule has 1 aliphatic heterocycles. The van der Waals surface area contributed by atoms with Crippen LogP contribution >= 0.6 is 23.1 Å². The van der Waals surface area contributed by atoms with Crippen LogP contribution in [0.25, 0.3) is 11.1 Å². The fraction of sp³-hybridized carbons (Fsp3) is 0.227. The maximum absolute atomic E-state index is 12.9. The number of nitrogens with zero attached hydrogens (tertiary/aromatic N) is 1. The summed E-state index contributed by atoms with van der Waals surface area (Å²) >= 11 is 3.24. The van der Waals surface area contributed by atoms with E-state index in [0.717, 1.165) is 35.7 Å². The summed E-state index contributed by atoms with van der Waals surface area (Å²) in [6, 6.07) is 16.6. The number of anilines is 1. The van der Waals surface area contributed by atoms with Gasteiger partial charge in [-0.3, -0.25) is 9.52 Å². The zero-order valence-corrected chi connectivity index (χ0v) is 18.7. The van der Waals surface area contributed by atoms with E-state index in [9.17, 15) is 13.2 Å². The van der Waals surface area contributed by atoms with Crippen molar-refractivity contribution in [1.29, 1.82) is 0 Å². The molecule has 3 aromatic rings. The van der Waals surface area contributed by atoms with Crippen LogP contribution < -0.4 is 4.72 Å². The molecule has 0 bridgehead atoms. The van der Waals surface area contributed by atoms with Gasteiger partial charge in [0.15, 0.2) is 0 Å². The highest BCUT2D eigenvalue weighted by Crippen LogP contribution is 2.27. The van der Waals surface area contributed by atoms with Gasteiger partial charge in [0.05, 0.1) is 17.0 Å². The minimum Gasteiger partial charge on any atom is -0.341 e. The molecule has 30 heavy (non-hydrogen) atoms. The molecule has 0 atom stereocenters. The number of rotatable bonds is 6. The first-order chi connectivity index (χ1) is 14.5. The van der Waals surface area contributed by atoms with Crippen molar-refractivity contribution in [2.75, 3.05) is 29.3 Å². The number of benzene rings is 2. The molecule has 2 heterocycles. The van der Waals surface area contributed by atoms with Crippen LogP contribution in [0.15, 0.2) is 70.3 Å². The molecule has 5 nitrogen and oxygen atoms in total. The second kappa shape index (κ2) is 9.24. The molecule has 0 unspecified atom stereocenters. The fourth-order valence-corrected chi connectivity index (χ4v) is 6.16. The third kappa shape index (κ3) is 4.88. The highest BCUT2D eigenvalue weighted by atomic mass is 32.2. The Labute approximate surface area is 185 Å². The van der Waals surface area contributed by atoms with Crippen LogP contribution in [-0.4, -0.2) is 43.8 Å². The van der Waals surface area contributed by atoms with Crippen molar-refractivity contribution < 1.29 is 13.2 Å². The summed E-state index contributed by atoms with van der Waals surface area (Å²) in [4.78, 5) is 14.6. The maximum atomic E-state index is 12.9. The van der Waals surface area contributed by atoms with Crippen LogP contribution in [0.4, 0.5) is 5.69 Å². The summed E-state index contributed by atoms with van der Waals surface area (Å²) in [6.07, 6.45) is 0.207. The Hall–Kier alpha value is -2.29. The molecule has 2 aromatic carbocycles. The summed E-state index contributed by atoms with van der Waals surface area (Å²) in [7, 11) is -3.74. The lowest BCUT2D eigenvalue weighted by atomic mass is 10.1. The normalized spacial score (nSPS) is 14.5. The summed E-state index contributed by atoms with van der Waals surface area (Å²) in [5.41, 5.74) is 3.18. The molecule has 1 aromatic heterocycles. The fourth-order valence-electron chi connectivity index (χ4n) is 3.30. The predicted octanol–water partition coefficient (Wildman–Crippen LogP) is 4.33. The number of nitrogens with one attached hydrogen (secondary N) is 1. The van der Waals surface area contributed by atoms with Crippen LogP contribution in [-0.2, 0) is 21.2 Å². The third-order valence-corrected chi connectivity index (χ3v) is 8.08. The number of hydrogen-bond donors (Lipinski definition) is 1. The van der Waals surface area contributed by atoms with Crippen molar-refractivity contribution in [3.05, 3.63) is 70.9 Å². The van der Waals surface area contributed by atoms with E-state index in [4.69, 9.17) is 0 Å². The molecule has 0 radical (unpaired) electrons. The molecule has 1 fully saturated rings. The van der Waals surface area contributed by atoms with Gasteiger partial charge < -0.3 is 4.90 Å². The summed E-state index contributed by atoms with van der Waals surface area (Å²) in [5.74, 6) is 1.95. The highest BCUT2D eigenvalue weighted by Gasteiger charge is 2.21. The van der Waals surface area contributed by atoms with Gasteiger partial charge in [-0.15, -0.1) is 11.3 Å². The second-order valence-electron chi connectivity index (χ2n) is 6.98. The average Bonchev–Trinajstić information content (AvgIpc) is 3.21. The molecular weight excluding hydrogens is 436 g/mol. The van der Waals surface area contributed by atoms with Gasteiger partial charge in [-0.2, -0.15) is 11.8 Å². The quantitative estimate of drug-likeness (QED) is 0.597. The molecule has 1 aliphatic rings. The van der Waals surface area contributed by atoms with Gasteiger partial charge in [0.2, 0.25) is 5.91 Å². The minimum atomic E-state index is -3.74. The number of amides is 1. The van der Waals surface area contributed by atoms with Crippen molar-refractivity contribution in [3.8, 4) is 11.1 Å². The van der Waals surface area contributed by atoms with Gasteiger partial charge in [-0.25, -0.2) is 8.42 Å². The monoisotopic (exact) mass is 458 g/mol. The second-order valence-corrected chi connectivity index (χ2v) is 10.6. The molecule has 156 valence electrons. The van der Waals surface area contributed by atoms with E-state index in [1.807, 2.05) is 52.4 Å². The Morgan fingerprint density at radius 3 is 2.30 bits per heavy atom. The largest absolute Gasteiger partial charge is 0.341 e. The first kappa shape index (κ1) is 21.0. The Bertz CT molecular complexity index is 1100. The number of thiophene rings is 1. The molecular formula is C22H22N2O3S3. The molecule has 4 rings (SSSR count). The first-order valence-corrected chi connectivity index (χ1v) is 13.2. The molecule has 1 saturated heterocycles. The number of sulfonamides is 1. The van der Waals surface area contributed by atoms with Gasteiger partial charge in [0, 0.05) is 30.0 Å². The van der Waals surface area contributed by atoms with Crippen molar-refractivity contribution in [3.63, 3.8) is 0 Å². The van der Waals surface area contributed by atoms with Crippen LogP contribution in [0.3, 0.4) is 0 Å². The van der Waals surface area contributed by atoms with Crippen LogP contribution in [0, 0.1) is 0 Å². The van der Waals surface area contributed by atoms with Crippen molar-refractivity contribution in [2.45, 2.75) is 11.3 Å². The van der Waals surface area contributed by atoms with Crippen LogP contribution in [0.2, 0.25) is 0 Å². The van der Waals surface area contributed by atoms with E-state index < -0.39 is 10.0 Å². The number of carbonyl (C=O) groups is 1. The smallest absolute Gasteiger partial charge is 0.261 e. The Kier molecular flexibility index (Phi) is 6.46. The van der Waals surface area contributed by atoms with Crippen molar-refractivity contribution in [2.24, 2.45) is 0 Å². The molecule has 1 N–H and O–H groups in total. The Balaban J connectivity index is 1.47. The van der Waals surface area contributed by atoms with Gasteiger partial charge in [-0.1, -0.05) is 42.5 Å². The van der Waals surface area contributed by atoms with Crippen molar-refractivity contribution in [1.82, 2.24) is 4.90 Å². The van der Waals surface area contributed by atoms with Gasteiger partial charge in [0.1, 0.15) is 0 Å². The molecule has 0 spiro atoms. The standard InChI is InChI=1S/C22H22N2O3S3/c25-22(24-10-12-28-13-11-24)14-19-15-29-16-21(19)23-30(26,27)20-8-6-18(7-9-20)17-4-2-1-3-5-17/h1-9,15-16,23H,10-14H2. The Morgan fingerprint density at radius 2 is 1.60 bits per heavy atom. The summed E-state index contributed by atoms with van der Waals surface area (Å²) < 4.78 is 28.4. The van der Waals surface area contributed by atoms with E-state index in [1.165, 1.54) is 11.3 Å². The van der Waals surface area contributed by atoms with Crippen LogP contribution in [0.1, 0.15) is 5.56 Å². The van der Waals surface area contributed by atoms with Gasteiger partial charge in [0.25, 0.3) is 10.0 Å². The summed E-state index contributed by atoms with van der Waals surface area (Å²) in [5, 5.41) is 3.58. The zero-order valence-electron chi connectivity index (χ0n) is 16.3. The van der Waals surface area contributed by atoms with E-state index in [2.05, 4.69) is 4.72 Å². The van der Waals surface area contributed by atoms with E-state index in [-0.39, 0.29) is 17.2 Å². The third-order valence-electron chi connectivity index (χ3n) is 4.96. The van der Waals surface area contributed by atoms with E-state index in [1.54, 1.807) is 29.6 Å². The summed E-state index contributed by atoms with van der Waals surface area (Å²) in [6.45, 7) is 1.50. The number of thioether (sulfide) groups is 1. The zero-order chi connectivity index (χ0) is 21.0. The topological polar surface area (TPSA) is 66.5 Å². The van der Waals surface area contributed by atoms with E-state index in [0.29, 0.717) is 11.3 Å². The highest BCUT2D eigenvalue weighted by molar-refractivity contribution is 7.99. The average molecular weight is 459 g/mol. The lowest BCUT2D eigenvalue weighted by Crippen LogP contribution is -2.38. The van der Waals surface area contributed by atoms with Crippen molar-refractivity contribution >= 4 is 44.7 Å². The maximum Gasteiger partial charge on any atom is 0.261 e. The lowest BCUT2D eigenvalue weighted by Gasteiger charge is -2.26. The minimum absolute atomic E-state index is 0.0429. The van der Waals surface area contributed by atoms with E-state index >= 15 is 0 Å². The number of hydrogen-bond acceptors (Lipinski definition) is 5. The van der Waals surface area contributed by atoms with Gasteiger partial charge in [-0.05, 0) is 34.2 Å². The molecule has 0 aliphatic carbocycles. The molecule has 0 saturated carbocycles. The van der Waals surface area contributed by atoms with Crippen LogP contribution in [0.5, 0.6) is 0 Å².